The number of nitrogens with zero attached hydrogens (tertiary/aromatic N) is 1. The third-order valence-corrected chi connectivity index (χ3v) is 4.79. The summed E-state index contributed by atoms with van der Waals surface area (Å²) in [6.45, 7) is 0.141. The molecule has 114 valence electrons. The number of nitrogens with one attached hydrogen (secondary N) is 1. The molecule has 0 atom stereocenters. The molecule has 1 N–H and O–H groups in total. The number of halogens is 1. The van der Waals surface area contributed by atoms with Gasteiger partial charge in [0.15, 0.2) is 4.90 Å². The average molecular weight is 314 g/mol. The van der Waals surface area contributed by atoms with Crippen molar-refractivity contribution in [3.05, 3.63) is 45.8 Å². The molecule has 0 saturated heterocycles. The first-order valence-corrected chi connectivity index (χ1v) is 8.00. The molecule has 1 aromatic carbocycles. The quantitative estimate of drug-likeness (QED) is 0.496. The highest BCUT2D eigenvalue weighted by atomic mass is 32.2. The molecule has 2 rings (SSSR count). The lowest BCUT2D eigenvalue weighted by atomic mass is 10.2. The third-order valence-electron chi connectivity index (χ3n) is 3.30. The van der Waals surface area contributed by atoms with Crippen molar-refractivity contribution in [1.29, 1.82) is 0 Å². The summed E-state index contributed by atoms with van der Waals surface area (Å²) in [6.07, 6.45) is 5.64. The first kappa shape index (κ1) is 15.6. The Morgan fingerprint density at radius 2 is 2.14 bits per heavy atom. The molecule has 1 aliphatic carbocycles. The lowest BCUT2D eigenvalue weighted by Gasteiger charge is -2.08. The van der Waals surface area contributed by atoms with E-state index in [1.165, 1.54) is 5.57 Å². The Labute approximate surface area is 121 Å². The van der Waals surface area contributed by atoms with Crippen molar-refractivity contribution in [2.45, 2.75) is 30.6 Å². The Morgan fingerprint density at radius 3 is 2.76 bits per heavy atom. The van der Waals surface area contributed by atoms with Crippen molar-refractivity contribution in [2.24, 2.45) is 0 Å². The van der Waals surface area contributed by atoms with Gasteiger partial charge in [-0.2, -0.15) is 4.39 Å². The van der Waals surface area contributed by atoms with Crippen LogP contribution in [-0.4, -0.2) is 19.9 Å². The fraction of sp³-hybridized carbons (Fsp3) is 0.385. The molecule has 0 aromatic heterocycles. The van der Waals surface area contributed by atoms with Gasteiger partial charge in [-0.3, -0.25) is 10.1 Å². The topological polar surface area (TPSA) is 89.3 Å². The highest BCUT2D eigenvalue weighted by Gasteiger charge is 2.29. The van der Waals surface area contributed by atoms with Crippen LogP contribution in [0.15, 0.2) is 34.7 Å². The van der Waals surface area contributed by atoms with Crippen molar-refractivity contribution < 1.29 is 17.7 Å². The zero-order valence-electron chi connectivity index (χ0n) is 11.2. The Morgan fingerprint density at radius 1 is 1.38 bits per heavy atom. The van der Waals surface area contributed by atoms with E-state index in [1.807, 2.05) is 0 Å². The molecule has 1 aliphatic rings. The van der Waals surface area contributed by atoms with E-state index in [9.17, 15) is 22.9 Å². The fourth-order valence-corrected chi connectivity index (χ4v) is 3.49. The van der Waals surface area contributed by atoms with Crippen LogP contribution in [0.1, 0.15) is 25.7 Å². The van der Waals surface area contributed by atoms with Gasteiger partial charge in [-0.1, -0.05) is 17.7 Å². The van der Waals surface area contributed by atoms with E-state index in [-0.39, 0.29) is 6.54 Å². The van der Waals surface area contributed by atoms with Crippen LogP contribution in [0.5, 0.6) is 0 Å². The predicted molar refractivity (Wildman–Crippen MR) is 74.8 cm³/mol. The lowest BCUT2D eigenvalue weighted by molar-refractivity contribution is -0.390. The zero-order valence-corrected chi connectivity index (χ0v) is 12.0. The highest BCUT2D eigenvalue weighted by molar-refractivity contribution is 7.89. The number of hydrogen-bond acceptors (Lipinski definition) is 4. The molecule has 0 saturated carbocycles. The summed E-state index contributed by atoms with van der Waals surface area (Å²) in [5, 5.41) is 10.8. The van der Waals surface area contributed by atoms with E-state index < -0.39 is 31.3 Å². The van der Waals surface area contributed by atoms with Gasteiger partial charge in [0.05, 0.1) is 4.92 Å². The first-order chi connectivity index (χ1) is 9.92. The maximum absolute atomic E-state index is 13.5. The number of nitro benzene ring substituents is 1. The molecule has 0 spiro atoms. The molecule has 8 heteroatoms. The van der Waals surface area contributed by atoms with Crippen molar-refractivity contribution in [1.82, 2.24) is 4.72 Å². The van der Waals surface area contributed by atoms with Gasteiger partial charge in [-0.05, 0) is 37.8 Å². The summed E-state index contributed by atoms with van der Waals surface area (Å²) in [6, 6.07) is 3.02. The Balaban J connectivity index is 2.15. The van der Waals surface area contributed by atoms with Gasteiger partial charge in [0.25, 0.3) is 0 Å². The molecule has 0 radical (unpaired) electrons. The minimum absolute atomic E-state index is 0.141. The van der Waals surface area contributed by atoms with E-state index in [1.54, 1.807) is 0 Å². The largest absolute Gasteiger partial charge is 0.324 e. The van der Waals surface area contributed by atoms with Crippen LogP contribution in [-0.2, 0) is 10.0 Å². The van der Waals surface area contributed by atoms with E-state index in [2.05, 4.69) is 10.8 Å². The summed E-state index contributed by atoms with van der Waals surface area (Å²) in [7, 11) is -4.11. The smallest absolute Gasteiger partial charge is 0.258 e. The second-order valence-electron chi connectivity index (χ2n) is 4.75. The molecule has 0 amide bonds. The van der Waals surface area contributed by atoms with E-state index >= 15 is 0 Å². The molecule has 21 heavy (non-hydrogen) atoms. The van der Waals surface area contributed by atoms with Crippen LogP contribution < -0.4 is 4.72 Å². The van der Waals surface area contributed by atoms with E-state index in [0.29, 0.717) is 6.42 Å². The summed E-state index contributed by atoms with van der Waals surface area (Å²) >= 11 is 0. The fourth-order valence-electron chi connectivity index (χ4n) is 2.28. The summed E-state index contributed by atoms with van der Waals surface area (Å²) < 4.78 is 39.9. The van der Waals surface area contributed by atoms with Gasteiger partial charge in [0.1, 0.15) is 0 Å². The number of benzene rings is 1. The molecular weight excluding hydrogens is 299 g/mol. The zero-order chi connectivity index (χ0) is 15.5. The van der Waals surface area contributed by atoms with Crippen LogP contribution in [0.2, 0.25) is 0 Å². The molecule has 6 nitrogen and oxygen atoms in total. The SMILES string of the molecule is O=[N+]([O-])c1c(F)cccc1S(=O)(=O)NCCC1=CCCC1. The summed E-state index contributed by atoms with van der Waals surface area (Å²) in [5.41, 5.74) is 0.150. The van der Waals surface area contributed by atoms with Crippen molar-refractivity contribution >= 4 is 15.7 Å². The average Bonchev–Trinajstić information content (AvgIpc) is 2.91. The van der Waals surface area contributed by atoms with Crippen molar-refractivity contribution in [2.75, 3.05) is 6.54 Å². The van der Waals surface area contributed by atoms with Gasteiger partial charge in [0, 0.05) is 6.54 Å². The van der Waals surface area contributed by atoms with Gasteiger partial charge < -0.3 is 0 Å². The number of para-hydroxylation sites is 1. The number of allylic oxidation sites excluding steroid dienone is 1. The predicted octanol–water partition coefficient (Wildman–Crippen LogP) is 2.51. The van der Waals surface area contributed by atoms with Crippen LogP contribution >= 0.6 is 0 Å². The monoisotopic (exact) mass is 314 g/mol. The second-order valence-corrected chi connectivity index (χ2v) is 6.48. The number of sulfonamides is 1. The normalized spacial score (nSPS) is 15.0. The molecule has 0 bridgehead atoms. The summed E-state index contributed by atoms with van der Waals surface area (Å²) in [4.78, 5) is 9.17. The number of hydrogen-bond donors (Lipinski definition) is 1. The lowest BCUT2D eigenvalue weighted by Crippen LogP contribution is -2.26. The van der Waals surface area contributed by atoms with Crippen molar-refractivity contribution in [3.8, 4) is 0 Å². The van der Waals surface area contributed by atoms with Crippen molar-refractivity contribution in [3.63, 3.8) is 0 Å². The Hall–Kier alpha value is -1.80. The van der Waals surface area contributed by atoms with Gasteiger partial charge >= 0.3 is 5.69 Å². The maximum atomic E-state index is 13.5. The number of rotatable bonds is 6. The minimum Gasteiger partial charge on any atom is -0.258 e. The third kappa shape index (κ3) is 3.64. The Kier molecular flexibility index (Phi) is 4.69. The van der Waals surface area contributed by atoms with Gasteiger partial charge in [-0.25, -0.2) is 13.1 Å². The van der Waals surface area contributed by atoms with E-state index in [4.69, 9.17) is 0 Å². The van der Waals surface area contributed by atoms with Crippen LogP contribution in [0.4, 0.5) is 10.1 Å². The van der Waals surface area contributed by atoms with Crippen LogP contribution in [0.25, 0.3) is 0 Å². The summed E-state index contributed by atoms with van der Waals surface area (Å²) in [5.74, 6) is -1.17. The minimum atomic E-state index is -4.11. The molecule has 0 unspecified atom stereocenters. The molecule has 1 aromatic rings. The maximum Gasteiger partial charge on any atom is 0.324 e. The molecule has 0 heterocycles. The number of nitro groups is 1. The van der Waals surface area contributed by atoms with Crippen LogP contribution in [0, 0.1) is 15.9 Å². The highest BCUT2D eigenvalue weighted by Crippen LogP contribution is 2.26. The van der Waals surface area contributed by atoms with Crippen LogP contribution in [0.3, 0.4) is 0 Å². The molecular formula is C13H15FN2O4S. The second kappa shape index (κ2) is 6.31. The van der Waals surface area contributed by atoms with Gasteiger partial charge in [0.2, 0.25) is 15.8 Å². The molecule has 0 aliphatic heterocycles. The van der Waals surface area contributed by atoms with Gasteiger partial charge in [-0.15, -0.1) is 0 Å². The van der Waals surface area contributed by atoms with E-state index in [0.717, 1.165) is 37.5 Å². The first-order valence-electron chi connectivity index (χ1n) is 6.52. The molecule has 0 fully saturated rings. The standard InChI is InChI=1S/C13H15FN2O4S/c14-11-6-3-7-12(13(11)16(17)18)21(19,20)15-9-8-10-4-1-2-5-10/h3-4,6-7,15H,1-2,5,8-9H2. The Bertz CT molecular complexity index is 685.